The van der Waals surface area contributed by atoms with Gasteiger partial charge in [0.25, 0.3) is 0 Å². The zero-order valence-electron chi connectivity index (χ0n) is 22.3. The lowest BCUT2D eigenvalue weighted by Gasteiger charge is -1.92. The van der Waals surface area contributed by atoms with E-state index in [1.54, 1.807) is 14.2 Å². The topological polar surface area (TPSA) is 43.5 Å². The second-order valence-electron chi connectivity index (χ2n) is 8.52. The van der Waals surface area contributed by atoms with Crippen molar-refractivity contribution in [1.29, 1.82) is 0 Å². The van der Waals surface area contributed by atoms with Gasteiger partial charge in [-0.05, 0) is 21.5 Å². The highest BCUT2D eigenvalue weighted by molar-refractivity contribution is 5.82. The molecular weight excluding hydrogens is 448 g/mol. The molecule has 0 aliphatic carbocycles. The number of methoxy groups -OCH3 is 2. The van der Waals surface area contributed by atoms with Crippen LogP contribution in [-0.4, -0.2) is 52.9 Å². The molecule has 2 heterocycles. The quantitative estimate of drug-likeness (QED) is 0.271. The van der Waals surface area contributed by atoms with Crippen molar-refractivity contribution in [3.05, 3.63) is 97.1 Å². The molecule has 6 rings (SSSR count). The summed E-state index contributed by atoms with van der Waals surface area (Å²) in [4.78, 5) is 0. The molecule has 0 radical (unpaired) electrons. The predicted octanol–water partition coefficient (Wildman–Crippen LogP) is 7.55. The fourth-order valence-electron chi connectivity index (χ4n) is 2.97. The van der Waals surface area contributed by atoms with Gasteiger partial charge in [0, 0.05) is 14.2 Å². The Kier molecular flexibility index (Phi) is 15.1. The first-order chi connectivity index (χ1) is 17.7. The molecule has 0 aromatic heterocycles. The Morgan fingerprint density at radius 3 is 0.861 bits per heavy atom. The zero-order valence-corrected chi connectivity index (χ0v) is 22.3. The first kappa shape index (κ1) is 29.5. The standard InChI is InChI=1S/2C10H8.2C4H8O2.C4H10/c2*1-2-6-10-8-4-3-7-9(10)5-1;2*1-5-2-4-3-6-4;1-3-4-2/h2*1-8H;2*4H,2-3H2,1H3;3-4H2,1-2H3. The van der Waals surface area contributed by atoms with Gasteiger partial charge in [-0.2, -0.15) is 0 Å². The number of hydrogen-bond donors (Lipinski definition) is 0. The van der Waals surface area contributed by atoms with Crippen molar-refractivity contribution in [2.24, 2.45) is 0 Å². The van der Waals surface area contributed by atoms with Gasteiger partial charge in [-0.25, -0.2) is 0 Å². The smallest absolute Gasteiger partial charge is 0.104 e. The molecule has 2 aliphatic rings. The van der Waals surface area contributed by atoms with E-state index in [0.29, 0.717) is 12.2 Å². The second kappa shape index (κ2) is 18.5. The maximum Gasteiger partial charge on any atom is 0.104 e. The van der Waals surface area contributed by atoms with Gasteiger partial charge in [-0.3, -0.25) is 0 Å². The minimum Gasteiger partial charge on any atom is -0.382 e. The van der Waals surface area contributed by atoms with E-state index >= 15 is 0 Å². The van der Waals surface area contributed by atoms with Crippen LogP contribution in [0.2, 0.25) is 0 Å². The largest absolute Gasteiger partial charge is 0.382 e. The van der Waals surface area contributed by atoms with Crippen LogP contribution in [0.1, 0.15) is 26.7 Å². The molecule has 194 valence electrons. The van der Waals surface area contributed by atoms with Crippen molar-refractivity contribution >= 4 is 21.5 Å². The molecule has 4 heteroatoms. The van der Waals surface area contributed by atoms with E-state index < -0.39 is 0 Å². The van der Waals surface area contributed by atoms with Gasteiger partial charge in [0.05, 0.1) is 26.4 Å². The molecule has 2 fully saturated rings. The van der Waals surface area contributed by atoms with E-state index in [9.17, 15) is 0 Å². The Morgan fingerprint density at radius 1 is 0.528 bits per heavy atom. The first-order valence-corrected chi connectivity index (χ1v) is 12.8. The van der Waals surface area contributed by atoms with Crippen molar-refractivity contribution in [1.82, 2.24) is 0 Å². The van der Waals surface area contributed by atoms with Gasteiger partial charge in [-0.15, -0.1) is 0 Å². The highest BCUT2D eigenvalue weighted by Crippen LogP contribution is 2.12. The molecule has 2 aliphatic heterocycles. The molecule has 2 atom stereocenters. The van der Waals surface area contributed by atoms with Crippen LogP contribution in [0, 0.1) is 0 Å². The van der Waals surface area contributed by atoms with Crippen molar-refractivity contribution < 1.29 is 18.9 Å². The van der Waals surface area contributed by atoms with Crippen LogP contribution in [0.25, 0.3) is 21.5 Å². The summed E-state index contributed by atoms with van der Waals surface area (Å²) in [6.45, 7) is 7.68. The molecule has 0 amide bonds. The predicted molar refractivity (Wildman–Crippen MR) is 152 cm³/mol. The van der Waals surface area contributed by atoms with Crippen LogP contribution < -0.4 is 0 Å². The summed E-state index contributed by atoms with van der Waals surface area (Å²) in [6, 6.07) is 33.4. The zero-order chi connectivity index (χ0) is 25.8. The van der Waals surface area contributed by atoms with Crippen LogP contribution in [0.3, 0.4) is 0 Å². The Morgan fingerprint density at radius 2 is 0.750 bits per heavy atom. The van der Waals surface area contributed by atoms with Gasteiger partial charge < -0.3 is 18.9 Å². The number of rotatable bonds is 5. The Balaban J connectivity index is 0.000000165. The molecule has 2 unspecified atom stereocenters. The fraction of sp³-hybridized carbons (Fsp3) is 0.375. The van der Waals surface area contributed by atoms with Crippen molar-refractivity contribution in [3.8, 4) is 0 Å². The van der Waals surface area contributed by atoms with Crippen LogP contribution in [-0.2, 0) is 18.9 Å². The molecule has 4 aromatic carbocycles. The Bertz CT molecular complexity index is 855. The van der Waals surface area contributed by atoms with Gasteiger partial charge in [0.1, 0.15) is 12.2 Å². The lowest BCUT2D eigenvalue weighted by atomic mass is 10.1. The normalized spacial score (nSPS) is 16.6. The van der Waals surface area contributed by atoms with E-state index in [0.717, 1.165) is 26.4 Å². The summed E-state index contributed by atoms with van der Waals surface area (Å²) < 4.78 is 19.1. The summed E-state index contributed by atoms with van der Waals surface area (Å²) >= 11 is 0. The molecule has 0 N–H and O–H groups in total. The molecule has 0 saturated carbocycles. The molecule has 0 spiro atoms. The third kappa shape index (κ3) is 13.4. The minimum atomic E-state index is 0.426. The van der Waals surface area contributed by atoms with E-state index in [1.807, 2.05) is 0 Å². The molecule has 2 saturated heterocycles. The van der Waals surface area contributed by atoms with Gasteiger partial charge in [0.2, 0.25) is 0 Å². The number of epoxide rings is 2. The van der Waals surface area contributed by atoms with E-state index in [-0.39, 0.29) is 0 Å². The van der Waals surface area contributed by atoms with Gasteiger partial charge >= 0.3 is 0 Å². The van der Waals surface area contributed by atoms with Crippen molar-refractivity contribution in [2.75, 3.05) is 40.6 Å². The van der Waals surface area contributed by atoms with Crippen molar-refractivity contribution in [3.63, 3.8) is 0 Å². The van der Waals surface area contributed by atoms with Crippen LogP contribution in [0.4, 0.5) is 0 Å². The minimum absolute atomic E-state index is 0.426. The monoisotopic (exact) mass is 490 g/mol. The molecule has 4 nitrogen and oxygen atoms in total. The average molecular weight is 491 g/mol. The first-order valence-electron chi connectivity index (χ1n) is 12.8. The number of unbranched alkanes of at least 4 members (excludes halogenated alkanes) is 1. The average Bonchev–Trinajstić information content (AvgIpc) is 3.88. The summed E-state index contributed by atoms with van der Waals surface area (Å²) in [5.74, 6) is 0. The third-order valence-corrected chi connectivity index (χ3v) is 5.33. The van der Waals surface area contributed by atoms with E-state index in [2.05, 4.69) is 111 Å². The molecular formula is C32H42O4. The SMILES string of the molecule is CCCC.COCC1CO1.COCC1CO1.c1ccc2ccccc2c1.c1ccc2ccccc2c1. The number of ether oxygens (including phenoxy) is 4. The van der Waals surface area contributed by atoms with Gasteiger partial charge in [-0.1, -0.05) is 124 Å². The fourth-order valence-corrected chi connectivity index (χ4v) is 2.97. The Labute approximate surface area is 217 Å². The highest BCUT2D eigenvalue weighted by Gasteiger charge is 2.21. The van der Waals surface area contributed by atoms with Crippen molar-refractivity contribution in [2.45, 2.75) is 38.9 Å². The number of hydrogen-bond acceptors (Lipinski definition) is 4. The summed E-state index contributed by atoms with van der Waals surface area (Å²) in [7, 11) is 3.36. The number of fused-ring (bicyclic) bond motifs is 2. The Hall–Kier alpha value is -2.76. The summed E-state index contributed by atoms with van der Waals surface area (Å²) in [5.41, 5.74) is 0. The maximum absolute atomic E-state index is 4.82. The maximum atomic E-state index is 4.82. The third-order valence-electron chi connectivity index (χ3n) is 5.33. The molecule has 36 heavy (non-hydrogen) atoms. The lowest BCUT2D eigenvalue weighted by molar-refractivity contribution is 0.171. The van der Waals surface area contributed by atoms with E-state index in [4.69, 9.17) is 18.9 Å². The van der Waals surface area contributed by atoms with Crippen LogP contribution >= 0.6 is 0 Å². The van der Waals surface area contributed by atoms with Crippen LogP contribution in [0.5, 0.6) is 0 Å². The lowest BCUT2D eigenvalue weighted by Crippen LogP contribution is -1.94. The molecule has 0 bridgehead atoms. The molecule has 4 aromatic rings. The second-order valence-corrected chi connectivity index (χ2v) is 8.52. The van der Waals surface area contributed by atoms with E-state index in [1.165, 1.54) is 34.4 Å². The van der Waals surface area contributed by atoms with Crippen LogP contribution in [0.15, 0.2) is 97.1 Å². The van der Waals surface area contributed by atoms with Gasteiger partial charge in [0.15, 0.2) is 0 Å². The summed E-state index contributed by atoms with van der Waals surface area (Å²) in [6.07, 6.45) is 3.49. The highest BCUT2D eigenvalue weighted by atomic mass is 16.6. The number of benzene rings is 4. The summed E-state index contributed by atoms with van der Waals surface area (Å²) in [5, 5.41) is 5.24.